The smallest absolute Gasteiger partial charge is 0.326 e. The van der Waals surface area contributed by atoms with E-state index in [0.29, 0.717) is 17.0 Å². The third-order valence-electron chi connectivity index (χ3n) is 4.02. The lowest BCUT2D eigenvalue weighted by Crippen LogP contribution is -2.38. The van der Waals surface area contributed by atoms with Crippen molar-refractivity contribution in [1.29, 1.82) is 0 Å². The van der Waals surface area contributed by atoms with Gasteiger partial charge in [0.2, 0.25) is 0 Å². The van der Waals surface area contributed by atoms with Crippen LogP contribution in [0.25, 0.3) is 11.2 Å². The number of carboxylic acid groups (broad SMARTS) is 1. The Morgan fingerprint density at radius 1 is 1.19 bits per heavy atom. The van der Waals surface area contributed by atoms with Gasteiger partial charge in [0, 0.05) is 12.4 Å². The Labute approximate surface area is 122 Å². The average molecular weight is 286 g/mol. The molecule has 2 aromatic heterocycles. The monoisotopic (exact) mass is 286 g/mol. The van der Waals surface area contributed by atoms with E-state index in [0.717, 1.165) is 25.7 Å². The largest absolute Gasteiger partial charge is 0.480 e. The van der Waals surface area contributed by atoms with Crippen LogP contribution in [0.15, 0.2) is 24.5 Å². The van der Waals surface area contributed by atoms with Crippen molar-refractivity contribution in [3.8, 4) is 0 Å². The van der Waals surface area contributed by atoms with E-state index in [1.807, 2.05) is 0 Å². The van der Waals surface area contributed by atoms with Crippen molar-refractivity contribution < 1.29 is 9.90 Å². The molecule has 1 atom stereocenters. The Hall–Kier alpha value is -2.24. The summed E-state index contributed by atoms with van der Waals surface area (Å²) in [5, 5.41) is 12.5. The van der Waals surface area contributed by atoms with E-state index < -0.39 is 12.0 Å². The topological polar surface area (TPSA) is 88.0 Å². The van der Waals surface area contributed by atoms with Gasteiger partial charge in [0.15, 0.2) is 5.65 Å². The van der Waals surface area contributed by atoms with Crippen LogP contribution in [0.4, 0.5) is 5.82 Å². The number of aromatic nitrogens is 3. The Kier molecular flexibility index (Phi) is 3.94. The third-order valence-corrected chi connectivity index (χ3v) is 4.02. The van der Waals surface area contributed by atoms with Crippen LogP contribution < -0.4 is 5.32 Å². The summed E-state index contributed by atoms with van der Waals surface area (Å²) in [6.07, 6.45) is 8.51. The molecule has 0 bridgehead atoms. The molecule has 3 rings (SSSR count). The Bertz CT molecular complexity index is 640. The maximum absolute atomic E-state index is 11.5. The Morgan fingerprint density at radius 2 is 1.95 bits per heavy atom. The molecule has 2 heterocycles. The maximum Gasteiger partial charge on any atom is 0.326 e. The molecule has 2 aromatic rings. The highest BCUT2D eigenvalue weighted by Crippen LogP contribution is 2.28. The quantitative estimate of drug-likeness (QED) is 0.897. The number of nitrogens with zero attached hydrogens (tertiary/aromatic N) is 3. The van der Waals surface area contributed by atoms with Crippen LogP contribution in [-0.2, 0) is 4.79 Å². The van der Waals surface area contributed by atoms with Gasteiger partial charge in [-0.15, -0.1) is 0 Å². The van der Waals surface area contributed by atoms with E-state index in [1.54, 1.807) is 24.5 Å². The maximum atomic E-state index is 11.5. The first-order valence-electron chi connectivity index (χ1n) is 7.31. The number of pyridine rings is 1. The van der Waals surface area contributed by atoms with E-state index in [1.165, 1.54) is 6.42 Å². The Morgan fingerprint density at radius 3 is 2.71 bits per heavy atom. The minimum Gasteiger partial charge on any atom is -0.480 e. The lowest BCUT2D eigenvalue weighted by Gasteiger charge is -2.28. The van der Waals surface area contributed by atoms with Crippen LogP contribution in [0.1, 0.15) is 32.1 Å². The number of rotatable bonds is 4. The molecule has 110 valence electrons. The molecule has 0 aliphatic heterocycles. The molecule has 1 saturated carbocycles. The zero-order valence-corrected chi connectivity index (χ0v) is 11.7. The molecule has 6 heteroatoms. The van der Waals surface area contributed by atoms with Crippen LogP contribution in [0.5, 0.6) is 0 Å². The first-order valence-corrected chi connectivity index (χ1v) is 7.31. The van der Waals surface area contributed by atoms with Gasteiger partial charge in [-0.05, 0) is 30.9 Å². The Balaban J connectivity index is 1.81. The summed E-state index contributed by atoms with van der Waals surface area (Å²) < 4.78 is 0. The van der Waals surface area contributed by atoms with Gasteiger partial charge in [0.25, 0.3) is 0 Å². The second-order valence-electron chi connectivity index (χ2n) is 5.45. The predicted molar refractivity (Wildman–Crippen MR) is 79.0 cm³/mol. The van der Waals surface area contributed by atoms with Gasteiger partial charge in [-0.2, -0.15) is 0 Å². The van der Waals surface area contributed by atoms with Crippen molar-refractivity contribution in [3.05, 3.63) is 24.5 Å². The first kappa shape index (κ1) is 13.7. The highest BCUT2D eigenvalue weighted by Gasteiger charge is 2.29. The molecule has 0 saturated heterocycles. The molecule has 1 unspecified atom stereocenters. The molecule has 0 amide bonds. The van der Waals surface area contributed by atoms with Crippen molar-refractivity contribution in [1.82, 2.24) is 15.0 Å². The summed E-state index contributed by atoms with van der Waals surface area (Å²) in [4.78, 5) is 24.2. The lowest BCUT2D eigenvalue weighted by molar-refractivity contribution is -0.139. The zero-order valence-electron chi connectivity index (χ0n) is 11.7. The fourth-order valence-corrected chi connectivity index (χ4v) is 2.94. The molecule has 6 nitrogen and oxygen atoms in total. The van der Waals surface area contributed by atoms with E-state index in [2.05, 4.69) is 20.3 Å². The second kappa shape index (κ2) is 6.03. The van der Waals surface area contributed by atoms with Gasteiger partial charge in [-0.3, -0.25) is 4.98 Å². The fraction of sp³-hybridized carbons (Fsp3) is 0.467. The molecule has 1 fully saturated rings. The van der Waals surface area contributed by atoms with Crippen LogP contribution >= 0.6 is 0 Å². The number of hydrogen-bond donors (Lipinski definition) is 2. The minimum absolute atomic E-state index is 0.163. The van der Waals surface area contributed by atoms with Crippen molar-refractivity contribution in [2.45, 2.75) is 38.1 Å². The van der Waals surface area contributed by atoms with Crippen LogP contribution in [0.2, 0.25) is 0 Å². The van der Waals surface area contributed by atoms with Gasteiger partial charge in [0.05, 0.1) is 0 Å². The normalized spacial score (nSPS) is 17.5. The SMILES string of the molecule is O=C(O)C(Nc1ccc2nccnc2n1)C1CCCCC1. The number of fused-ring (bicyclic) bond motifs is 1. The minimum atomic E-state index is -0.817. The highest BCUT2D eigenvalue weighted by atomic mass is 16.4. The third kappa shape index (κ3) is 3.09. The summed E-state index contributed by atoms with van der Waals surface area (Å²) in [6, 6.07) is 2.97. The average Bonchev–Trinajstić information content (AvgIpc) is 2.53. The molecule has 0 radical (unpaired) electrons. The van der Waals surface area contributed by atoms with Gasteiger partial charge < -0.3 is 10.4 Å². The van der Waals surface area contributed by atoms with Gasteiger partial charge in [-0.25, -0.2) is 14.8 Å². The van der Waals surface area contributed by atoms with Gasteiger partial charge in [-0.1, -0.05) is 19.3 Å². The van der Waals surface area contributed by atoms with Crippen LogP contribution in [0.3, 0.4) is 0 Å². The zero-order chi connectivity index (χ0) is 14.7. The number of carbonyl (C=O) groups is 1. The van der Waals surface area contributed by atoms with E-state index in [4.69, 9.17) is 0 Å². The molecule has 1 aliphatic carbocycles. The van der Waals surface area contributed by atoms with Crippen molar-refractivity contribution in [3.63, 3.8) is 0 Å². The standard InChI is InChI=1S/C15H18N4O2/c20-15(21)13(10-4-2-1-3-5-10)18-12-7-6-11-14(19-12)17-9-8-16-11/h6-10,13H,1-5H2,(H,20,21)(H,17,18,19). The molecular formula is C15H18N4O2. The summed E-state index contributed by atoms with van der Waals surface area (Å²) in [6.45, 7) is 0. The molecule has 21 heavy (non-hydrogen) atoms. The summed E-state index contributed by atoms with van der Waals surface area (Å²) in [7, 11) is 0. The number of carboxylic acids is 1. The summed E-state index contributed by atoms with van der Waals surface area (Å²) in [5.41, 5.74) is 1.22. The molecule has 0 spiro atoms. The van der Waals surface area contributed by atoms with Crippen molar-refractivity contribution >= 4 is 23.0 Å². The summed E-state index contributed by atoms with van der Waals surface area (Å²) >= 11 is 0. The van der Waals surface area contributed by atoms with E-state index in [9.17, 15) is 9.90 Å². The summed E-state index contributed by atoms with van der Waals surface area (Å²) in [5.74, 6) is -0.112. The first-order chi connectivity index (χ1) is 10.2. The molecule has 1 aliphatic rings. The molecule has 2 N–H and O–H groups in total. The van der Waals surface area contributed by atoms with E-state index in [-0.39, 0.29) is 5.92 Å². The number of anilines is 1. The number of nitrogens with one attached hydrogen (secondary N) is 1. The van der Waals surface area contributed by atoms with Gasteiger partial charge >= 0.3 is 5.97 Å². The van der Waals surface area contributed by atoms with Crippen LogP contribution in [-0.4, -0.2) is 32.1 Å². The highest BCUT2D eigenvalue weighted by molar-refractivity contribution is 5.78. The molecule has 0 aromatic carbocycles. The van der Waals surface area contributed by atoms with Crippen molar-refractivity contribution in [2.24, 2.45) is 5.92 Å². The van der Waals surface area contributed by atoms with Crippen LogP contribution in [0, 0.1) is 5.92 Å². The lowest BCUT2D eigenvalue weighted by atomic mass is 9.84. The number of hydrogen-bond acceptors (Lipinski definition) is 5. The van der Waals surface area contributed by atoms with E-state index >= 15 is 0 Å². The van der Waals surface area contributed by atoms with Gasteiger partial charge in [0.1, 0.15) is 17.4 Å². The fourth-order valence-electron chi connectivity index (χ4n) is 2.94. The molecular weight excluding hydrogens is 268 g/mol. The van der Waals surface area contributed by atoms with Crippen molar-refractivity contribution in [2.75, 3.05) is 5.32 Å². The second-order valence-corrected chi connectivity index (χ2v) is 5.45. The number of aliphatic carboxylic acids is 1. The predicted octanol–water partition coefficient (Wildman–Crippen LogP) is 2.47.